The first-order valence-electron chi connectivity index (χ1n) is 6.89. The van der Waals surface area contributed by atoms with Gasteiger partial charge in [-0.2, -0.15) is 0 Å². The van der Waals surface area contributed by atoms with Crippen LogP contribution >= 0.6 is 0 Å². The van der Waals surface area contributed by atoms with E-state index >= 15 is 0 Å². The maximum atomic E-state index is 9.10. The Kier molecular flexibility index (Phi) is 3.83. The molecular formula is C17H18O3. The van der Waals surface area contributed by atoms with E-state index in [2.05, 4.69) is 0 Å². The highest BCUT2D eigenvalue weighted by Crippen LogP contribution is 2.40. The van der Waals surface area contributed by atoms with Crippen molar-refractivity contribution < 1.29 is 14.6 Å². The molecule has 0 bridgehead atoms. The fourth-order valence-corrected chi connectivity index (χ4v) is 2.58. The Hall–Kier alpha value is -1.68. The first-order valence-corrected chi connectivity index (χ1v) is 6.89. The minimum absolute atomic E-state index is 0.0830. The molecule has 1 saturated heterocycles. The molecule has 0 unspecified atom stereocenters. The molecule has 1 aliphatic rings. The normalized spacial score (nSPS) is 20.9. The highest BCUT2D eigenvalue weighted by molar-refractivity contribution is 5.34. The summed E-state index contributed by atoms with van der Waals surface area (Å²) in [7, 11) is 0. The Morgan fingerprint density at radius 2 is 1.50 bits per heavy atom. The molecule has 3 heteroatoms. The van der Waals surface area contributed by atoms with Crippen molar-refractivity contribution >= 4 is 0 Å². The zero-order valence-electron chi connectivity index (χ0n) is 11.2. The largest absolute Gasteiger partial charge is 0.396 e. The van der Waals surface area contributed by atoms with E-state index in [4.69, 9.17) is 14.6 Å². The van der Waals surface area contributed by atoms with Crippen molar-refractivity contribution in [3.05, 3.63) is 71.8 Å². The number of aliphatic hydroxyl groups is 1. The van der Waals surface area contributed by atoms with Crippen LogP contribution in [0.4, 0.5) is 0 Å². The number of aliphatic hydroxyl groups excluding tert-OH is 1. The molecule has 1 heterocycles. The van der Waals surface area contributed by atoms with Crippen molar-refractivity contribution in [1.29, 1.82) is 0 Å². The van der Waals surface area contributed by atoms with Gasteiger partial charge in [-0.1, -0.05) is 60.7 Å². The molecule has 1 N–H and O–H groups in total. The molecule has 2 aromatic carbocycles. The van der Waals surface area contributed by atoms with Gasteiger partial charge in [-0.3, -0.25) is 0 Å². The van der Waals surface area contributed by atoms with E-state index in [-0.39, 0.29) is 12.7 Å². The molecule has 0 aromatic heterocycles. The van der Waals surface area contributed by atoms with Crippen molar-refractivity contribution in [3.63, 3.8) is 0 Å². The lowest BCUT2D eigenvalue weighted by atomic mass is 9.97. The van der Waals surface area contributed by atoms with E-state index in [1.807, 2.05) is 60.7 Å². The fraction of sp³-hybridized carbons (Fsp3) is 0.294. The molecule has 0 amide bonds. The first-order chi connectivity index (χ1) is 9.85. The topological polar surface area (TPSA) is 38.7 Å². The second kappa shape index (κ2) is 5.75. The quantitative estimate of drug-likeness (QED) is 0.928. The van der Waals surface area contributed by atoms with Crippen molar-refractivity contribution in [2.24, 2.45) is 0 Å². The molecular weight excluding hydrogens is 252 g/mol. The molecule has 3 rings (SSSR count). The molecule has 1 atom stereocenters. The Morgan fingerprint density at radius 3 is 2.00 bits per heavy atom. The molecule has 2 aromatic rings. The van der Waals surface area contributed by atoms with Gasteiger partial charge in [-0.15, -0.1) is 0 Å². The minimum atomic E-state index is -0.859. The molecule has 0 radical (unpaired) electrons. The third kappa shape index (κ3) is 2.36. The lowest BCUT2D eigenvalue weighted by Gasteiger charge is -2.29. The molecule has 0 aliphatic carbocycles. The molecule has 0 spiro atoms. The van der Waals surface area contributed by atoms with Crippen LogP contribution in [0, 0.1) is 0 Å². The monoisotopic (exact) mass is 270 g/mol. The van der Waals surface area contributed by atoms with Crippen molar-refractivity contribution in [2.75, 3.05) is 13.2 Å². The van der Waals surface area contributed by atoms with Gasteiger partial charge in [0.05, 0.1) is 12.7 Å². The van der Waals surface area contributed by atoms with Gasteiger partial charge >= 0.3 is 0 Å². The average molecular weight is 270 g/mol. The summed E-state index contributed by atoms with van der Waals surface area (Å²) in [4.78, 5) is 0. The first kappa shape index (κ1) is 13.3. The van der Waals surface area contributed by atoms with Crippen LogP contribution in [0.1, 0.15) is 17.5 Å². The van der Waals surface area contributed by atoms with Crippen molar-refractivity contribution in [1.82, 2.24) is 0 Å². The molecule has 0 saturated carbocycles. The molecule has 1 aliphatic heterocycles. The second-order valence-electron chi connectivity index (χ2n) is 4.91. The van der Waals surface area contributed by atoms with E-state index in [0.717, 1.165) is 11.1 Å². The zero-order chi connectivity index (χ0) is 13.8. The predicted molar refractivity (Wildman–Crippen MR) is 76.2 cm³/mol. The lowest BCUT2D eigenvalue weighted by molar-refractivity contribution is -0.144. The van der Waals surface area contributed by atoms with Gasteiger partial charge in [0.25, 0.3) is 0 Å². The Balaban J connectivity index is 2.01. The van der Waals surface area contributed by atoms with Gasteiger partial charge in [0.1, 0.15) is 0 Å². The fourth-order valence-electron chi connectivity index (χ4n) is 2.58. The van der Waals surface area contributed by atoms with Gasteiger partial charge in [0, 0.05) is 17.7 Å². The van der Waals surface area contributed by atoms with Crippen molar-refractivity contribution in [3.8, 4) is 0 Å². The maximum absolute atomic E-state index is 9.10. The summed E-state index contributed by atoms with van der Waals surface area (Å²) in [5.74, 6) is -0.859. The van der Waals surface area contributed by atoms with Crippen LogP contribution in [0.2, 0.25) is 0 Å². The third-order valence-electron chi connectivity index (χ3n) is 3.56. The van der Waals surface area contributed by atoms with Crippen LogP contribution in [0.5, 0.6) is 0 Å². The van der Waals surface area contributed by atoms with Crippen LogP contribution < -0.4 is 0 Å². The number of ether oxygens (including phenoxy) is 2. The van der Waals surface area contributed by atoms with Crippen LogP contribution in [0.3, 0.4) is 0 Å². The molecule has 20 heavy (non-hydrogen) atoms. The van der Waals surface area contributed by atoms with E-state index in [0.29, 0.717) is 13.0 Å². The minimum Gasteiger partial charge on any atom is -0.396 e. The summed E-state index contributed by atoms with van der Waals surface area (Å²) >= 11 is 0. The van der Waals surface area contributed by atoms with Crippen LogP contribution in [-0.2, 0) is 15.3 Å². The highest BCUT2D eigenvalue weighted by atomic mass is 16.7. The van der Waals surface area contributed by atoms with Crippen LogP contribution in [0.15, 0.2) is 60.7 Å². The predicted octanol–water partition coefficient (Wildman–Crippen LogP) is 2.69. The SMILES string of the molecule is OCC[C@H]1COC(c2ccccc2)(c2ccccc2)O1. The van der Waals surface area contributed by atoms with Gasteiger partial charge in [0.15, 0.2) is 0 Å². The van der Waals surface area contributed by atoms with Crippen molar-refractivity contribution in [2.45, 2.75) is 18.3 Å². The third-order valence-corrected chi connectivity index (χ3v) is 3.56. The smallest absolute Gasteiger partial charge is 0.222 e. The summed E-state index contributed by atoms with van der Waals surface area (Å²) in [6.07, 6.45) is 0.502. The van der Waals surface area contributed by atoms with Crippen LogP contribution in [-0.4, -0.2) is 24.4 Å². The summed E-state index contributed by atoms with van der Waals surface area (Å²) < 4.78 is 12.2. The molecule has 104 valence electrons. The van der Waals surface area contributed by atoms with Gasteiger partial charge in [-0.05, 0) is 6.42 Å². The number of benzene rings is 2. The van der Waals surface area contributed by atoms with Gasteiger partial charge in [-0.25, -0.2) is 0 Å². The number of hydrogen-bond donors (Lipinski definition) is 1. The van der Waals surface area contributed by atoms with Gasteiger partial charge < -0.3 is 14.6 Å². The van der Waals surface area contributed by atoms with Crippen LogP contribution in [0.25, 0.3) is 0 Å². The summed E-state index contributed by atoms with van der Waals surface area (Å²) in [5, 5.41) is 9.10. The Bertz CT molecular complexity index is 499. The number of hydrogen-bond acceptors (Lipinski definition) is 3. The standard InChI is InChI=1S/C17H18O3/c18-12-11-16-13-19-17(20-16,14-7-3-1-4-8-14)15-9-5-2-6-10-15/h1-10,16,18H,11-13H2/t16-/m0/s1. The van der Waals surface area contributed by atoms with E-state index in [9.17, 15) is 0 Å². The summed E-state index contributed by atoms with van der Waals surface area (Å²) in [6.45, 7) is 0.595. The average Bonchev–Trinajstić information content (AvgIpc) is 2.95. The summed E-state index contributed by atoms with van der Waals surface area (Å²) in [5.41, 5.74) is 1.96. The highest BCUT2D eigenvalue weighted by Gasteiger charge is 2.44. The summed E-state index contributed by atoms with van der Waals surface area (Å²) in [6, 6.07) is 19.9. The Morgan fingerprint density at radius 1 is 0.950 bits per heavy atom. The van der Waals surface area contributed by atoms with Gasteiger partial charge in [0.2, 0.25) is 5.79 Å². The second-order valence-corrected chi connectivity index (χ2v) is 4.91. The van der Waals surface area contributed by atoms with E-state index < -0.39 is 5.79 Å². The van der Waals surface area contributed by atoms with E-state index in [1.165, 1.54) is 0 Å². The Labute approximate surface area is 118 Å². The zero-order valence-corrected chi connectivity index (χ0v) is 11.2. The number of rotatable bonds is 4. The molecule has 3 nitrogen and oxygen atoms in total. The van der Waals surface area contributed by atoms with E-state index in [1.54, 1.807) is 0 Å². The molecule has 1 fully saturated rings. The lowest BCUT2D eigenvalue weighted by Crippen LogP contribution is -2.29. The maximum Gasteiger partial charge on any atom is 0.222 e.